The van der Waals surface area contributed by atoms with Crippen molar-refractivity contribution in [2.24, 2.45) is 0 Å². The topological polar surface area (TPSA) is 61.7 Å². The van der Waals surface area contributed by atoms with Gasteiger partial charge in [-0.25, -0.2) is 18.2 Å². The first-order chi connectivity index (χ1) is 17.6. The number of carbonyl (C=O) groups is 1. The molecule has 2 aromatic heterocycles. The molecule has 37 heavy (non-hydrogen) atoms. The number of hydrogen-bond acceptors (Lipinski definition) is 6. The molecule has 1 aromatic carbocycles. The standard InChI is InChI=1S/C26H28F3N5O2S/c1-17-22-24(30-16-34(25(22)36)14-21(35)33-9-5-8-26(28,29)15-33)37-23(17)18(2)31-10-12-32(13-11-31)20-7-4-3-6-19(20)27/h3-4,6-7,16H,2,5,8-15H2,1H3. The summed E-state index contributed by atoms with van der Waals surface area (Å²) in [4.78, 5) is 36.9. The number of nitrogens with zero attached hydrogens (tertiary/aromatic N) is 5. The van der Waals surface area contributed by atoms with Crippen molar-refractivity contribution >= 4 is 38.8 Å². The highest BCUT2D eigenvalue weighted by atomic mass is 32.1. The van der Waals surface area contributed by atoms with Crippen LogP contribution in [0.25, 0.3) is 15.9 Å². The molecule has 2 fully saturated rings. The molecular formula is C26H28F3N5O2S. The van der Waals surface area contributed by atoms with E-state index in [-0.39, 0.29) is 37.3 Å². The summed E-state index contributed by atoms with van der Waals surface area (Å²) >= 11 is 1.36. The van der Waals surface area contributed by atoms with Crippen molar-refractivity contribution in [1.29, 1.82) is 0 Å². The number of aryl methyl sites for hydroxylation is 1. The number of carbonyl (C=O) groups excluding carboxylic acids is 1. The van der Waals surface area contributed by atoms with Crippen molar-refractivity contribution in [3.63, 3.8) is 0 Å². The SMILES string of the molecule is C=C(c1sc2ncn(CC(=O)N3CCCC(F)(F)C3)c(=O)c2c1C)N1CCN(c2ccccc2F)CC1. The molecule has 0 aliphatic carbocycles. The molecule has 2 aliphatic heterocycles. The van der Waals surface area contributed by atoms with E-state index in [1.165, 1.54) is 28.3 Å². The van der Waals surface area contributed by atoms with E-state index in [9.17, 15) is 22.8 Å². The maximum atomic E-state index is 14.2. The van der Waals surface area contributed by atoms with Crippen LogP contribution in [0.5, 0.6) is 0 Å². The number of para-hydroxylation sites is 1. The predicted octanol–water partition coefficient (Wildman–Crippen LogP) is 3.96. The van der Waals surface area contributed by atoms with Gasteiger partial charge in [0.1, 0.15) is 17.2 Å². The summed E-state index contributed by atoms with van der Waals surface area (Å²) in [7, 11) is 0. The number of alkyl halides is 2. The van der Waals surface area contributed by atoms with Crippen LogP contribution >= 0.6 is 11.3 Å². The molecule has 0 unspecified atom stereocenters. The van der Waals surface area contributed by atoms with Gasteiger partial charge in [-0.2, -0.15) is 0 Å². The second-order valence-electron chi connectivity index (χ2n) is 9.56. The molecule has 196 valence electrons. The third kappa shape index (κ3) is 4.96. The Morgan fingerprint density at radius 2 is 1.86 bits per heavy atom. The Kier molecular flexibility index (Phi) is 6.74. The number of likely N-dealkylation sites (tertiary alicyclic amines) is 1. The lowest BCUT2D eigenvalue weighted by Crippen LogP contribution is -2.47. The second-order valence-corrected chi connectivity index (χ2v) is 10.6. The van der Waals surface area contributed by atoms with Gasteiger partial charge in [-0.1, -0.05) is 18.7 Å². The molecule has 1 amide bonds. The van der Waals surface area contributed by atoms with E-state index < -0.39 is 18.4 Å². The van der Waals surface area contributed by atoms with Crippen molar-refractivity contribution in [1.82, 2.24) is 19.4 Å². The van der Waals surface area contributed by atoms with Crippen molar-refractivity contribution in [2.45, 2.75) is 32.2 Å². The Bertz CT molecular complexity index is 1410. The molecule has 0 bridgehead atoms. The molecule has 2 saturated heterocycles. The maximum absolute atomic E-state index is 14.2. The summed E-state index contributed by atoms with van der Waals surface area (Å²) in [5.41, 5.74) is 1.70. The number of amides is 1. The van der Waals surface area contributed by atoms with Crippen LogP contribution in [0.3, 0.4) is 0 Å². The van der Waals surface area contributed by atoms with Crippen LogP contribution in [0.1, 0.15) is 23.3 Å². The molecule has 11 heteroatoms. The van der Waals surface area contributed by atoms with E-state index in [1.54, 1.807) is 12.1 Å². The zero-order valence-corrected chi connectivity index (χ0v) is 21.4. The fraction of sp³-hybridized carbons (Fsp3) is 0.423. The summed E-state index contributed by atoms with van der Waals surface area (Å²) in [6, 6.07) is 6.72. The van der Waals surface area contributed by atoms with Crippen LogP contribution in [0.15, 0.2) is 42.0 Å². The zero-order chi connectivity index (χ0) is 26.3. The molecule has 0 atom stereocenters. The van der Waals surface area contributed by atoms with Gasteiger partial charge in [-0.15, -0.1) is 11.3 Å². The number of piperidine rings is 1. The summed E-state index contributed by atoms with van der Waals surface area (Å²) in [6.07, 6.45) is 1.30. The molecule has 0 saturated carbocycles. The van der Waals surface area contributed by atoms with Crippen LogP contribution in [0.2, 0.25) is 0 Å². The second kappa shape index (κ2) is 9.85. The third-order valence-electron chi connectivity index (χ3n) is 7.08. The number of halogens is 3. The number of thiophene rings is 1. The highest BCUT2D eigenvalue weighted by Crippen LogP contribution is 2.34. The van der Waals surface area contributed by atoms with Gasteiger partial charge in [0, 0.05) is 44.8 Å². The minimum atomic E-state index is -2.90. The number of piperazine rings is 1. The van der Waals surface area contributed by atoms with E-state index in [4.69, 9.17) is 0 Å². The van der Waals surface area contributed by atoms with Gasteiger partial charge >= 0.3 is 0 Å². The summed E-state index contributed by atoms with van der Waals surface area (Å²) in [5, 5.41) is 0.408. The quantitative estimate of drug-likeness (QED) is 0.499. The normalized spacial score (nSPS) is 17.9. The zero-order valence-electron chi connectivity index (χ0n) is 20.6. The first kappa shape index (κ1) is 25.3. The van der Waals surface area contributed by atoms with Crippen molar-refractivity contribution in [3.05, 3.63) is 63.8 Å². The van der Waals surface area contributed by atoms with E-state index in [1.807, 2.05) is 17.9 Å². The first-order valence-electron chi connectivity index (χ1n) is 12.2. The molecule has 7 nitrogen and oxygen atoms in total. The van der Waals surface area contributed by atoms with Crippen LogP contribution < -0.4 is 10.5 Å². The molecule has 2 aliphatic rings. The smallest absolute Gasteiger partial charge is 0.265 e. The lowest BCUT2D eigenvalue weighted by atomic mass is 10.1. The molecule has 5 rings (SSSR count). The number of aromatic nitrogens is 2. The van der Waals surface area contributed by atoms with Crippen LogP contribution in [0, 0.1) is 12.7 Å². The van der Waals surface area contributed by atoms with E-state index >= 15 is 0 Å². The number of benzene rings is 1. The van der Waals surface area contributed by atoms with Crippen LogP contribution in [-0.2, 0) is 11.3 Å². The van der Waals surface area contributed by atoms with E-state index in [0.717, 1.165) is 21.0 Å². The van der Waals surface area contributed by atoms with E-state index in [0.29, 0.717) is 42.1 Å². The Hall–Kier alpha value is -3.34. The Labute approximate surface area is 216 Å². The summed E-state index contributed by atoms with van der Waals surface area (Å²) < 4.78 is 42.9. The van der Waals surface area contributed by atoms with Gasteiger partial charge < -0.3 is 14.7 Å². The average Bonchev–Trinajstić information content (AvgIpc) is 3.22. The van der Waals surface area contributed by atoms with Crippen LogP contribution in [0.4, 0.5) is 18.9 Å². The van der Waals surface area contributed by atoms with Gasteiger partial charge in [0.25, 0.3) is 11.5 Å². The average molecular weight is 532 g/mol. The van der Waals surface area contributed by atoms with Gasteiger partial charge in [0.2, 0.25) is 5.91 Å². The van der Waals surface area contributed by atoms with Gasteiger partial charge in [0.05, 0.1) is 28.8 Å². The molecular weight excluding hydrogens is 503 g/mol. The molecule has 0 spiro atoms. The minimum absolute atomic E-state index is 0.231. The number of anilines is 1. The predicted molar refractivity (Wildman–Crippen MR) is 139 cm³/mol. The maximum Gasteiger partial charge on any atom is 0.265 e. The van der Waals surface area contributed by atoms with Gasteiger partial charge in [0.15, 0.2) is 0 Å². The minimum Gasteiger partial charge on any atom is -0.367 e. The third-order valence-corrected chi connectivity index (χ3v) is 8.33. The van der Waals surface area contributed by atoms with Gasteiger partial charge in [-0.3, -0.25) is 14.2 Å². The van der Waals surface area contributed by atoms with Crippen LogP contribution in [-0.4, -0.2) is 70.4 Å². The number of rotatable bonds is 5. The summed E-state index contributed by atoms with van der Waals surface area (Å²) in [6.45, 7) is 7.95. The fourth-order valence-corrected chi connectivity index (χ4v) is 6.18. The monoisotopic (exact) mass is 531 g/mol. The fourth-order valence-electron chi connectivity index (χ4n) is 5.04. The summed E-state index contributed by atoms with van der Waals surface area (Å²) in [5.74, 6) is -3.67. The molecule has 0 N–H and O–H groups in total. The van der Waals surface area contributed by atoms with E-state index in [2.05, 4.69) is 16.5 Å². The lowest BCUT2D eigenvalue weighted by molar-refractivity contribution is -0.142. The number of fused-ring (bicyclic) bond motifs is 1. The molecule has 0 radical (unpaired) electrons. The Morgan fingerprint density at radius 1 is 1.14 bits per heavy atom. The first-order valence-corrected chi connectivity index (χ1v) is 13.0. The molecule has 3 aromatic rings. The van der Waals surface area contributed by atoms with Crippen molar-refractivity contribution in [2.75, 3.05) is 44.2 Å². The lowest BCUT2D eigenvalue weighted by Gasteiger charge is -2.38. The van der Waals surface area contributed by atoms with Crippen molar-refractivity contribution in [3.8, 4) is 0 Å². The van der Waals surface area contributed by atoms with Gasteiger partial charge in [-0.05, 0) is 31.0 Å². The molecule has 4 heterocycles. The Morgan fingerprint density at radius 3 is 2.57 bits per heavy atom. The Balaban J connectivity index is 1.32. The highest BCUT2D eigenvalue weighted by molar-refractivity contribution is 7.19. The highest BCUT2D eigenvalue weighted by Gasteiger charge is 2.37. The number of hydrogen-bond donors (Lipinski definition) is 0. The van der Waals surface area contributed by atoms with Crippen molar-refractivity contribution < 1.29 is 18.0 Å². The largest absolute Gasteiger partial charge is 0.367 e.